The molecule has 1 aliphatic rings. The number of carbonyl (C=O) groups excluding carboxylic acids is 1. The maximum Gasteiger partial charge on any atom is 0.268 e. The summed E-state index contributed by atoms with van der Waals surface area (Å²) in [5.74, 6) is 1.40. The monoisotopic (exact) mass is 397 g/mol. The Morgan fingerprint density at radius 1 is 1.21 bits per heavy atom. The SMILES string of the molecule is CCC1Oc2ccc(-c3nc(C)sc3C)cc2N(Cc2c(C)noc2C)C1=O. The molecule has 2 aromatic heterocycles. The fourth-order valence-corrected chi connectivity index (χ4v) is 4.42. The number of rotatable bonds is 4. The topological polar surface area (TPSA) is 68.5 Å². The zero-order valence-corrected chi connectivity index (χ0v) is 17.5. The van der Waals surface area contributed by atoms with Gasteiger partial charge in [-0.3, -0.25) is 4.79 Å². The molecule has 0 saturated carbocycles. The second-order valence-electron chi connectivity index (χ2n) is 7.06. The van der Waals surface area contributed by atoms with Crippen LogP contribution in [0.15, 0.2) is 22.7 Å². The van der Waals surface area contributed by atoms with E-state index in [0.29, 0.717) is 18.7 Å². The number of thiazole rings is 1. The first-order valence-electron chi connectivity index (χ1n) is 9.37. The lowest BCUT2D eigenvalue weighted by Crippen LogP contribution is -2.45. The highest BCUT2D eigenvalue weighted by Crippen LogP contribution is 2.40. The molecule has 1 amide bonds. The first kappa shape index (κ1) is 18.7. The van der Waals surface area contributed by atoms with Gasteiger partial charge >= 0.3 is 0 Å². The van der Waals surface area contributed by atoms with Crippen LogP contribution in [0.3, 0.4) is 0 Å². The molecule has 0 saturated heterocycles. The van der Waals surface area contributed by atoms with Crippen LogP contribution in [-0.2, 0) is 11.3 Å². The second-order valence-corrected chi connectivity index (χ2v) is 8.47. The normalized spacial score (nSPS) is 16.2. The molecule has 0 spiro atoms. The summed E-state index contributed by atoms with van der Waals surface area (Å²) in [4.78, 5) is 20.7. The van der Waals surface area contributed by atoms with Gasteiger partial charge in [0.1, 0.15) is 11.5 Å². The average molecular weight is 398 g/mol. The number of fused-ring (bicyclic) bond motifs is 1. The van der Waals surface area contributed by atoms with E-state index < -0.39 is 6.10 Å². The van der Waals surface area contributed by atoms with E-state index in [9.17, 15) is 4.79 Å². The molecule has 1 atom stereocenters. The van der Waals surface area contributed by atoms with Crippen molar-refractivity contribution in [1.82, 2.24) is 10.1 Å². The molecule has 0 bridgehead atoms. The molecule has 0 N–H and O–H groups in total. The van der Waals surface area contributed by atoms with Crippen molar-refractivity contribution in [2.75, 3.05) is 4.90 Å². The van der Waals surface area contributed by atoms with Crippen LogP contribution in [0.1, 0.15) is 40.2 Å². The van der Waals surface area contributed by atoms with E-state index in [1.807, 2.05) is 45.9 Å². The van der Waals surface area contributed by atoms with E-state index in [4.69, 9.17) is 9.26 Å². The summed E-state index contributed by atoms with van der Waals surface area (Å²) in [5.41, 5.74) is 4.43. The van der Waals surface area contributed by atoms with Gasteiger partial charge in [-0.1, -0.05) is 12.1 Å². The summed E-state index contributed by atoms with van der Waals surface area (Å²) in [6, 6.07) is 5.95. The molecule has 4 rings (SSSR count). The van der Waals surface area contributed by atoms with Crippen LogP contribution in [0.4, 0.5) is 5.69 Å². The molecular weight excluding hydrogens is 374 g/mol. The van der Waals surface area contributed by atoms with Gasteiger partial charge in [0.05, 0.1) is 28.6 Å². The minimum atomic E-state index is -0.484. The van der Waals surface area contributed by atoms with Crippen LogP contribution in [0, 0.1) is 27.7 Å². The number of hydrogen-bond donors (Lipinski definition) is 0. The molecule has 0 fully saturated rings. The van der Waals surface area contributed by atoms with Crippen molar-refractivity contribution in [3.05, 3.63) is 45.1 Å². The Hall–Kier alpha value is -2.67. The predicted molar refractivity (Wildman–Crippen MR) is 109 cm³/mol. The van der Waals surface area contributed by atoms with Crippen LogP contribution >= 0.6 is 11.3 Å². The number of anilines is 1. The van der Waals surface area contributed by atoms with Crippen molar-refractivity contribution in [3.63, 3.8) is 0 Å². The summed E-state index contributed by atoms with van der Waals surface area (Å²) in [7, 11) is 0. The van der Waals surface area contributed by atoms with E-state index in [-0.39, 0.29) is 5.91 Å². The Kier molecular flexibility index (Phi) is 4.71. The van der Waals surface area contributed by atoms with Crippen molar-refractivity contribution in [1.29, 1.82) is 0 Å². The van der Waals surface area contributed by atoms with Gasteiger partial charge in [0.15, 0.2) is 6.10 Å². The molecule has 1 unspecified atom stereocenters. The molecule has 146 valence electrons. The van der Waals surface area contributed by atoms with Crippen LogP contribution in [0.2, 0.25) is 0 Å². The van der Waals surface area contributed by atoms with E-state index in [1.54, 1.807) is 16.2 Å². The van der Waals surface area contributed by atoms with E-state index in [2.05, 4.69) is 17.1 Å². The van der Waals surface area contributed by atoms with Gasteiger partial charge in [-0.15, -0.1) is 11.3 Å². The van der Waals surface area contributed by atoms with Crippen molar-refractivity contribution < 1.29 is 14.1 Å². The third-order valence-corrected chi connectivity index (χ3v) is 5.99. The Labute approximate surface area is 168 Å². The van der Waals surface area contributed by atoms with Gasteiger partial charge in [0.25, 0.3) is 5.91 Å². The summed E-state index contributed by atoms with van der Waals surface area (Å²) >= 11 is 1.67. The number of amides is 1. The molecule has 3 aromatic rings. The standard InChI is InChI=1S/C21H23N3O3S/c1-6-18-21(25)24(10-16-11(2)23-27-12(16)3)17-9-15(7-8-19(17)26-18)20-13(4)28-14(5)22-20/h7-9,18H,6,10H2,1-5H3. The Balaban J connectivity index is 1.81. The van der Waals surface area contributed by atoms with Gasteiger partial charge in [-0.2, -0.15) is 0 Å². The van der Waals surface area contributed by atoms with Crippen molar-refractivity contribution in [3.8, 4) is 17.0 Å². The number of benzene rings is 1. The maximum absolute atomic E-state index is 13.1. The number of aromatic nitrogens is 2. The van der Waals surface area contributed by atoms with Crippen molar-refractivity contribution >= 4 is 22.9 Å². The molecule has 28 heavy (non-hydrogen) atoms. The molecule has 7 heteroatoms. The molecule has 3 heterocycles. The van der Waals surface area contributed by atoms with Gasteiger partial charge in [0, 0.05) is 16.0 Å². The van der Waals surface area contributed by atoms with Crippen LogP contribution in [0.5, 0.6) is 5.75 Å². The van der Waals surface area contributed by atoms with Gasteiger partial charge in [0.2, 0.25) is 0 Å². The number of ether oxygens (including phenoxy) is 1. The minimum absolute atomic E-state index is 0.0432. The Morgan fingerprint density at radius 2 is 2.00 bits per heavy atom. The van der Waals surface area contributed by atoms with Crippen LogP contribution < -0.4 is 9.64 Å². The Morgan fingerprint density at radius 3 is 2.61 bits per heavy atom. The molecule has 1 aliphatic heterocycles. The highest BCUT2D eigenvalue weighted by atomic mass is 32.1. The molecule has 1 aromatic carbocycles. The maximum atomic E-state index is 13.1. The zero-order valence-electron chi connectivity index (χ0n) is 16.7. The Bertz CT molecular complexity index is 1030. The van der Waals surface area contributed by atoms with Crippen LogP contribution in [0.25, 0.3) is 11.3 Å². The fourth-order valence-electron chi connectivity index (χ4n) is 3.57. The quantitative estimate of drug-likeness (QED) is 0.636. The third kappa shape index (κ3) is 3.09. The van der Waals surface area contributed by atoms with Crippen LogP contribution in [-0.4, -0.2) is 22.2 Å². The third-order valence-electron chi connectivity index (χ3n) is 5.11. The minimum Gasteiger partial charge on any atom is -0.478 e. The first-order valence-corrected chi connectivity index (χ1v) is 10.2. The second kappa shape index (κ2) is 7.05. The average Bonchev–Trinajstić information content (AvgIpc) is 3.18. The van der Waals surface area contributed by atoms with Gasteiger partial charge in [-0.25, -0.2) is 4.98 Å². The summed E-state index contributed by atoms with van der Waals surface area (Å²) in [5, 5.41) is 5.05. The van der Waals surface area contributed by atoms with E-state index in [0.717, 1.165) is 43.8 Å². The highest BCUT2D eigenvalue weighted by molar-refractivity contribution is 7.11. The zero-order chi connectivity index (χ0) is 20.0. The number of aryl methyl sites for hydroxylation is 4. The number of nitrogens with zero attached hydrogens (tertiary/aromatic N) is 3. The molecule has 6 nitrogen and oxygen atoms in total. The highest BCUT2D eigenvalue weighted by Gasteiger charge is 2.34. The van der Waals surface area contributed by atoms with E-state index in [1.165, 1.54) is 0 Å². The number of hydrogen-bond acceptors (Lipinski definition) is 6. The van der Waals surface area contributed by atoms with Gasteiger partial charge < -0.3 is 14.2 Å². The summed E-state index contributed by atoms with van der Waals surface area (Å²) < 4.78 is 11.3. The number of carbonyl (C=O) groups is 1. The van der Waals surface area contributed by atoms with Gasteiger partial charge in [-0.05, 0) is 52.3 Å². The largest absolute Gasteiger partial charge is 0.478 e. The lowest BCUT2D eigenvalue weighted by Gasteiger charge is -2.34. The first-order chi connectivity index (χ1) is 13.4. The lowest BCUT2D eigenvalue weighted by molar-refractivity contribution is -0.126. The summed E-state index contributed by atoms with van der Waals surface area (Å²) in [6.45, 7) is 10.2. The predicted octanol–water partition coefficient (Wildman–Crippen LogP) is 4.74. The molecule has 0 aliphatic carbocycles. The summed E-state index contributed by atoms with van der Waals surface area (Å²) in [6.07, 6.45) is 0.129. The van der Waals surface area contributed by atoms with Crippen molar-refractivity contribution in [2.24, 2.45) is 0 Å². The lowest BCUT2D eigenvalue weighted by atomic mass is 10.0. The van der Waals surface area contributed by atoms with E-state index >= 15 is 0 Å². The smallest absolute Gasteiger partial charge is 0.268 e. The fraction of sp³-hybridized carbons (Fsp3) is 0.381. The molecule has 0 radical (unpaired) electrons. The molecular formula is C21H23N3O3S. The van der Waals surface area contributed by atoms with Crippen molar-refractivity contribution in [2.45, 2.75) is 53.7 Å².